The van der Waals surface area contributed by atoms with Gasteiger partial charge >= 0.3 is 0 Å². The van der Waals surface area contributed by atoms with Gasteiger partial charge in [0.05, 0.1) is 12.6 Å². The fourth-order valence-electron chi connectivity index (χ4n) is 3.65. The van der Waals surface area contributed by atoms with Crippen LogP contribution in [0.5, 0.6) is 0 Å². The highest BCUT2D eigenvalue weighted by Gasteiger charge is 2.31. The van der Waals surface area contributed by atoms with Gasteiger partial charge in [0.1, 0.15) is 0 Å². The van der Waals surface area contributed by atoms with E-state index in [0.29, 0.717) is 18.7 Å². The fraction of sp³-hybridized carbons (Fsp3) is 0.611. The van der Waals surface area contributed by atoms with Crippen molar-refractivity contribution >= 4 is 11.6 Å². The van der Waals surface area contributed by atoms with Gasteiger partial charge in [-0.1, -0.05) is 17.7 Å². The Morgan fingerprint density at radius 1 is 1.05 bits per heavy atom. The van der Waals surface area contributed by atoms with Crippen molar-refractivity contribution in [2.75, 3.05) is 31.6 Å². The molecule has 2 fully saturated rings. The maximum Gasteiger partial charge on any atom is 0.241 e. The summed E-state index contributed by atoms with van der Waals surface area (Å²) in [6, 6.07) is 8.79. The lowest BCUT2D eigenvalue weighted by molar-refractivity contribution is -0.122. The highest BCUT2D eigenvalue weighted by Crippen LogP contribution is 2.27. The minimum absolute atomic E-state index is 0.226. The van der Waals surface area contributed by atoms with Crippen LogP contribution >= 0.6 is 0 Å². The normalized spacial score (nSPS) is 27.2. The van der Waals surface area contributed by atoms with Crippen LogP contribution in [0.1, 0.15) is 31.2 Å². The fourth-order valence-corrected chi connectivity index (χ4v) is 3.65. The molecule has 22 heavy (non-hydrogen) atoms. The molecule has 0 radical (unpaired) electrons. The van der Waals surface area contributed by atoms with Gasteiger partial charge in [-0.3, -0.25) is 9.69 Å². The van der Waals surface area contributed by atoms with Gasteiger partial charge in [-0.05, 0) is 44.7 Å². The SMILES string of the molecule is COC1CCC(N2CCN(c3ccc(C)cc3)C(=O)C2)CC1. The Morgan fingerprint density at radius 2 is 1.73 bits per heavy atom. The number of hydrogen-bond donors (Lipinski definition) is 0. The summed E-state index contributed by atoms with van der Waals surface area (Å²) in [5.41, 5.74) is 2.25. The van der Waals surface area contributed by atoms with Crippen LogP contribution in [0.2, 0.25) is 0 Å². The van der Waals surface area contributed by atoms with Gasteiger partial charge in [0.2, 0.25) is 5.91 Å². The number of ether oxygens (including phenoxy) is 1. The van der Waals surface area contributed by atoms with Crippen LogP contribution in [0.4, 0.5) is 5.69 Å². The summed E-state index contributed by atoms with van der Waals surface area (Å²) in [7, 11) is 1.80. The van der Waals surface area contributed by atoms with E-state index < -0.39 is 0 Å². The molecule has 2 aliphatic rings. The van der Waals surface area contributed by atoms with E-state index in [0.717, 1.165) is 44.5 Å². The van der Waals surface area contributed by atoms with E-state index in [2.05, 4.69) is 24.0 Å². The van der Waals surface area contributed by atoms with Crippen molar-refractivity contribution < 1.29 is 9.53 Å². The topological polar surface area (TPSA) is 32.8 Å². The van der Waals surface area contributed by atoms with E-state index in [-0.39, 0.29) is 5.91 Å². The number of benzene rings is 1. The minimum atomic E-state index is 0.226. The summed E-state index contributed by atoms with van der Waals surface area (Å²) in [5.74, 6) is 0.226. The molecule has 0 atom stereocenters. The van der Waals surface area contributed by atoms with Gasteiger partial charge in [-0.25, -0.2) is 0 Å². The molecule has 0 unspecified atom stereocenters. The second-order valence-corrected chi connectivity index (χ2v) is 6.52. The van der Waals surface area contributed by atoms with Crippen molar-refractivity contribution in [3.05, 3.63) is 29.8 Å². The van der Waals surface area contributed by atoms with Crippen molar-refractivity contribution in [3.63, 3.8) is 0 Å². The largest absolute Gasteiger partial charge is 0.381 e. The zero-order valence-corrected chi connectivity index (χ0v) is 13.6. The molecule has 0 bridgehead atoms. The number of carbonyl (C=O) groups is 1. The van der Waals surface area contributed by atoms with E-state index in [1.165, 1.54) is 5.56 Å². The average Bonchev–Trinajstić information content (AvgIpc) is 2.56. The molecule has 1 heterocycles. The first-order valence-corrected chi connectivity index (χ1v) is 8.31. The summed E-state index contributed by atoms with van der Waals surface area (Å²) in [6.07, 6.45) is 4.95. The van der Waals surface area contributed by atoms with Gasteiger partial charge in [0.25, 0.3) is 0 Å². The van der Waals surface area contributed by atoms with Crippen LogP contribution < -0.4 is 4.90 Å². The number of rotatable bonds is 3. The molecule has 120 valence electrons. The number of piperazine rings is 1. The lowest BCUT2D eigenvalue weighted by Gasteiger charge is -2.41. The third-order valence-corrected chi connectivity index (χ3v) is 5.09. The molecule has 0 aromatic heterocycles. The quantitative estimate of drug-likeness (QED) is 0.860. The lowest BCUT2D eigenvalue weighted by Crippen LogP contribution is -2.54. The molecule has 3 rings (SSSR count). The number of hydrogen-bond acceptors (Lipinski definition) is 3. The number of carbonyl (C=O) groups excluding carboxylic acids is 1. The third kappa shape index (κ3) is 3.33. The third-order valence-electron chi connectivity index (χ3n) is 5.09. The molecule has 1 saturated carbocycles. The number of aryl methyl sites for hydroxylation is 1. The van der Waals surface area contributed by atoms with Crippen LogP contribution in [0.25, 0.3) is 0 Å². The molecule has 4 nitrogen and oxygen atoms in total. The van der Waals surface area contributed by atoms with Crippen LogP contribution in [0.15, 0.2) is 24.3 Å². The highest BCUT2D eigenvalue weighted by atomic mass is 16.5. The van der Waals surface area contributed by atoms with E-state index in [9.17, 15) is 4.79 Å². The molecule has 0 spiro atoms. The Balaban J connectivity index is 1.58. The Labute approximate surface area is 133 Å². The van der Waals surface area contributed by atoms with Gasteiger partial charge in [-0.2, -0.15) is 0 Å². The summed E-state index contributed by atoms with van der Waals surface area (Å²) in [6.45, 7) is 4.39. The molecule has 4 heteroatoms. The molecule has 0 N–H and O–H groups in total. The molecular weight excluding hydrogens is 276 g/mol. The molecule has 1 aliphatic carbocycles. The number of methoxy groups -OCH3 is 1. The molecule has 1 aromatic rings. The first kappa shape index (κ1) is 15.5. The van der Waals surface area contributed by atoms with Gasteiger partial charge in [0, 0.05) is 31.9 Å². The summed E-state index contributed by atoms with van der Waals surface area (Å²) < 4.78 is 5.44. The minimum Gasteiger partial charge on any atom is -0.381 e. The van der Waals surface area contributed by atoms with E-state index in [4.69, 9.17) is 4.74 Å². The van der Waals surface area contributed by atoms with Crippen molar-refractivity contribution in [1.82, 2.24) is 4.90 Å². The monoisotopic (exact) mass is 302 g/mol. The highest BCUT2D eigenvalue weighted by molar-refractivity contribution is 5.95. The van der Waals surface area contributed by atoms with E-state index in [1.807, 2.05) is 17.0 Å². The predicted molar refractivity (Wildman–Crippen MR) is 88.2 cm³/mol. The maximum absolute atomic E-state index is 12.5. The zero-order chi connectivity index (χ0) is 15.5. The van der Waals surface area contributed by atoms with Crippen LogP contribution in [0, 0.1) is 6.92 Å². The second kappa shape index (κ2) is 6.80. The van der Waals surface area contributed by atoms with E-state index >= 15 is 0 Å². The Hall–Kier alpha value is -1.39. The van der Waals surface area contributed by atoms with Crippen molar-refractivity contribution in [3.8, 4) is 0 Å². The van der Waals surface area contributed by atoms with Crippen LogP contribution in [-0.2, 0) is 9.53 Å². The standard InChI is InChI=1S/C18H26N2O2/c1-14-3-5-16(6-4-14)20-12-11-19(13-18(20)21)15-7-9-17(22-2)10-8-15/h3-6,15,17H,7-13H2,1-2H3. The first-order valence-electron chi connectivity index (χ1n) is 8.31. The van der Waals surface area contributed by atoms with Gasteiger partial charge in [-0.15, -0.1) is 0 Å². The summed E-state index contributed by atoms with van der Waals surface area (Å²) in [4.78, 5) is 16.8. The molecule has 1 aromatic carbocycles. The van der Waals surface area contributed by atoms with Crippen molar-refractivity contribution in [2.24, 2.45) is 0 Å². The lowest BCUT2D eigenvalue weighted by atomic mass is 9.91. The summed E-state index contributed by atoms with van der Waals surface area (Å²) in [5, 5.41) is 0. The summed E-state index contributed by atoms with van der Waals surface area (Å²) >= 11 is 0. The molecule has 1 aliphatic heterocycles. The Morgan fingerprint density at radius 3 is 2.32 bits per heavy atom. The predicted octanol–water partition coefficient (Wildman–Crippen LogP) is 2.60. The zero-order valence-electron chi connectivity index (χ0n) is 13.6. The Kier molecular flexibility index (Phi) is 4.79. The van der Waals surface area contributed by atoms with Crippen LogP contribution in [-0.4, -0.2) is 49.7 Å². The molecule has 1 saturated heterocycles. The first-order chi connectivity index (χ1) is 10.7. The molecular formula is C18H26N2O2. The second-order valence-electron chi connectivity index (χ2n) is 6.52. The number of nitrogens with zero attached hydrogens (tertiary/aromatic N) is 2. The van der Waals surface area contributed by atoms with Gasteiger partial charge < -0.3 is 9.64 Å². The number of anilines is 1. The molecule has 1 amide bonds. The number of amides is 1. The average molecular weight is 302 g/mol. The van der Waals surface area contributed by atoms with Crippen molar-refractivity contribution in [1.29, 1.82) is 0 Å². The van der Waals surface area contributed by atoms with Gasteiger partial charge in [0.15, 0.2) is 0 Å². The maximum atomic E-state index is 12.5. The smallest absolute Gasteiger partial charge is 0.241 e. The van der Waals surface area contributed by atoms with E-state index in [1.54, 1.807) is 7.11 Å². The van der Waals surface area contributed by atoms with Crippen LogP contribution in [0.3, 0.4) is 0 Å². The Bertz CT molecular complexity index is 506. The van der Waals surface area contributed by atoms with Crippen molar-refractivity contribution in [2.45, 2.75) is 44.8 Å².